The summed E-state index contributed by atoms with van der Waals surface area (Å²) in [6.07, 6.45) is 2.86. The molecule has 1 aliphatic heterocycles. The Labute approximate surface area is 163 Å². The van der Waals surface area contributed by atoms with Gasteiger partial charge in [-0.15, -0.1) is 0 Å². The van der Waals surface area contributed by atoms with Gasteiger partial charge in [-0.2, -0.15) is 0 Å². The number of hydrogen-bond donors (Lipinski definition) is 1. The number of hydrogen-bond acceptors (Lipinski definition) is 2. The fourth-order valence-corrected chi connectivity index (χ4v) is 3.99. The standard InChI is InChI=1S/C24H32N2O/c1-19(2)26-15-13-20(14-16-26)18-25-24(27)17-23(21-9-5-3-6-10-21)22-11-7-4-8-12-22/h3-12,19-20,23H,13-18H2,1-2H3,(H,25,27). The van der Waals surface area contributed by atoms with Crippen LogP contribution in [0.15, 0.2) is 60.7 Å². The van der Waals surface area contributed by atoms with E-state index in [9.17, 15) is 4.79 Å². The maximum atomic E-state index is 12.7. The van der Waals surface area contributed by atoms with Crippen LogP contribution in [0.3, 0.4) is 0 Å². The third-order valence-corrected chi connectivity index (χ3v) is 5.76. The van der Waals surface area contributed by atoms with Crippen LogP contribution < -0.4 is 5.32 Å². The van der Waals surface area contributed by atoms with Gasteiger partial charge in [0, 0.05) is 24.9 Å². The first-order valence-corrected chi connectivity index (χ1v) is 10.2. The summed E-state index contributed by atoms with van der Waals surface area (Å²) in [6, 6.07) is 21.3. The second-order valence-electron chi connectivity index (χ2n) is 7.96. The van der Waals surface area contributed by atoms with E-state index in [-0.39, 0.29) is 11.8 Å². The highest BCUT2D eigenvalue weighted by Gasteiger charge is 2.22. The predicted molar refractivity (Wildman–Crippen MR) is 112 cm³/mol. The van der Waals surface area contributed by atoms with E-state index in [0.717, 1.165) is 19.6 Å². The molecule has 0 saturated carbocycles. The molecule has 3 nitrogen and oxygen atoms in total. The summed E-state index contributed by atoms with van der Waals surface area (Å²) >= 11 is 0. The molecule has 1 fully saturated rings. The average Bonchev–Trinajstić information content (AvgIpc) is 2.72. The molecule has 0 radical (unpaired) electrons. The Hall–Kier alpha value is -2.13. The quantitative estimate of drug-likeness (QED) is 0.787. The smallest absolute Gasteiger partial charge is 0.220 e. The van der Waals surface area contributed by atoms with Crippen molar-refractivity contribution in [3.05, 3.63) is 71.8 Å². The number of carbonyl (C=O) groups excluding carboxylic acids is 1. The second-order valence-corrected chi connectivity index (χ2v) is 7.96. The maximum Gasteiger partial charge on any atom is 0.220 e. The Morgan fingerprint density at radius 3 is 1.96 bits per heavy atom. The molecule has 0 unspecified atom stereocenters. The maximum absolute atomic E-state index is 12.7. The van der Waals surface area contributed by atoms with Crippen molar-refractivity contribution in [3.8, 4) is 0 Å². The van der Waals surface area contributed by atoms with E-state index < -0.39 is 0 Å². The zero-order chi connectivity index (χ0) is 19.1. The monoisotopic (exact) mass is 364 g/mol. The summed E-state index contributed by atoms with van der Waals surface area (Å²) in [5.41, 5.74) is 2.40. The van der Waals surface area contributed by atoms with Crippen molar-refractivity contribution in [2.45, 2.75) is 45.1 Å². The van der Waals surface area contributed by atoms with E-state index in [1.807, 2.05) is 36.4 Å². The molecule has 0 spiro atoms. The van der Waals surface area contributed by atoms with Gasteiger partial charge in [0.15, 0.2) is 0 Å². The number of carbonyl (C=O) groups is 1. The van der Waals surface area contributed by atoms with Gasteiger partial charge in [-0.3, -0.25) is 4.79 Å². The van der Waals surface area contributed by atoms with E-state index in [0.29, 0.717) is 18.4 Å². The Morgan fingerprint density at radius 2 is 1.48 bits per heavy atom. The molecule has 2 aromatic carbocycles. The molecule has 144 valence electrons. The Balaban J connectivity index is 1.56. The Bertz CT molecular complexity index is 651. The van der Waals surface area contributed by atoms with Crippen LogP contribution >= 0.6 is 0 Å². The van der Waals surface area contributed by atoms with Gasteiger partial charge in [-0.1, -0.05) is 60.7 Å². The van der Waals surface area contributed by atoms with Crippen molar-refractivity contribution in [3.63, 3.8) is 0 Å². The first-order valence-electron chi connectivity index (χ1n) is 10.2. The van der Waals surface area contributed by atoms with Crippen molar-refractivity contribution in [1.82, 2.24) is 10.2 Å². The summed E-state index contributed by atoms with van der Waals surface area (Å²) in [5, 5.41) is 3.21. The van der Waals surface area contributed by atoms with E-state index in [1.165, 1.54) is 24.0 Å². The summed E-state index contributed by atoms with van der Waals surface area (Å²) in [5.74, 6) is 0.866. The van der Waals surface area contributed by atoms with Crippen molar-refractivity contribution in [1.29, 1.82) is 0 Å². The van der Waals surface area contributed by atoms with Gasteiger partial charge in [0.25, 0.3) is 0 Å². The molecular weight excluding hydrogens is 332 g/mol. The lowest BCUT2D eigenvalue weighted by atomic mass is 9.88. The summed E-state index contributed by atoms with van der Waals surface area (Å²) in [7, 11) is 0. The Morgan fingerprint density at radius 1 is 0.963 bits per heavy atom. The third-order valence-electron chi connectivity index (χ3n) is 5.76. The molecule has 3 rings (SSSR count). The second kappa shape index (κ2) is 9.70. The minimum atomic E-state index is 0.107. The van der Waals surface area contributed by atoms with Crippen LogP contribution in [0.4, 0.5) is 0 Å². The number of amides is 1. The zero-order valence-corrected chi connectivity index (χ0v) is 16.6. The first kappa shape index (κ1) is 19.6. The fourth-order valence-electron chi connectivity index (χ4n) is 3.99. The molecule has 3 heteroatoms. The molecule has 1 aliphatic rings. The van der Waals surface area contributed by atoms with Crippen molar-refractivity contribution >= 4 is 5.91 Å². The van der Waals surface area contributed by atoms with Gasteiger partial charge in [0.2, 0.25) is 5.91 Å². The molecule has 0 aliphatic carbocycles. The van der Waals surface area contributed by atoms with Crippen LogP contribution in [0.2, 0.25) is 0 Å². The Kier molecular flexibility index (Phi) is 7.05. The van der Waals surface area contributed by atoms with Crippen LogP contribution in [0.1, 0.15) is 50.2 Å². The molecule has 0 aromatic heterocycles. The first-order chi connectivity index (χ1) is 13.1. The number of benzene rings is 2. The summed E-state index contributed by atoms with van der Waals surface area (Å²) in [6.45, 7) is 7.62. The lowest BCUT2D eigenvalue weighted by Gasteiger charge is -2.34. The molecule has 2 aromatic rings. The van der Waals surface area contributed by atoms with Crippen LogP contribution in [-0.2, 0) is 4.79 Å². The third kappa shape index (κ3) is 5.67. The molecule has 1 saturated heterocycles. The number of nitrogens with zero attached hydrogens (tertiary/aromatic N) is 1. The molecule has 1 N–H and O–H groups in total. The molecule has 0 atom stereocenters. The van der Waals surface area contributed by atoms with Gasteiger partial charge in [0.05, 0.1) is 0 Å². The predicted octanol–water partition coefficient (Wildman–Crippen LogP) is 4.45. The summed E-state index contributed by atoms with van der Waals surface area (Å²) < 4.78 is 0. The van der Waals surface area contributed by atoms with Gasteiger partial charge in [-0.05, 0) is 56.8 Å². The fraction of sp³-hybridized carbons (Fsp3) is 0.458. The van der Waals surface area contributed by atoms with Gasteiger partial charge in [0.1, 0.15) is 0 Å². The van der Waals surface area contributed by atoms with Crippen molar-refractivity contribution in [2.75, 3.05) is 19.6 Å². The SMILES string of the molecule is CC(C)N1CCC(CNC(=O)CC(c2ccccc2)c2ccccc2)CC1. The number of rotatable bonds is 7. The molecule has 1 heterocycles. The number of likely N-dealkylation sites (tertiary alicyclic amines) is 1. The van der Waals surface area contributed by atoms with Gasteiger partial charge < -0.3 is 10.2 Å². The lowest BCUT2D eigenvalue weighted by molar-refractivity contribution is -0.121. The van der Waals surface area contributed by atoms with Crippen LogP contribution in [-0.4, -0.2) is 36.5 Å². The number of piperidine rings is 1. The lowest BCUT2D eigenvalue weighted by Crippen LogP contribution is -2.41. The minimum Gasteiger partial charge on any atom is -0.356 e. The van der Waals surface area contributed by atoms with Crippen molar-refractivity contribution < 1.29 is 4.79 Å². The van der Waals surface area contributed by atoms with E-state index in [1.54, 1.807) is 0 Å². The van der Waals surface area contributed by atoms with E-state index in [2.05, 4.69) is 48.3 Å². The highest BCUT2D eigenvalue weighted by Crippen LogP contribution is 2.28. The number of nitrogens with one attached hydrogen (secondary N) is 1. The molecule has 27 heavy (non-hydrogen) atoms. The zero-order valence-electron chi connectivity index (χ0n) is 16.6. The highest BCUT2D eigenvalue weighted by atomic mass is 16.1. The minimum absolute atomic E-state index is 0.107. The van der Waals surface area contributed by atoms with Crippen molar-refractivity contribution in [2.24, 2.45) is 5.92 Å². The van der Waals surface area contributed by atoms with E-state index >= 15 is 0 Å². The van der Waals surface area contributed by atoms with Gasteiger partial charge >= 0.3 is 0 Å². The highest BCUT2D eigenvalue weighted by molar-refractivity contribution is 5.77. The largest absolute Gasteiger partial charge is 0.356 e. The molecule has 0 bridgehead atoms. The normalized spacial score (nSPS) is 16.0. The topological polar surface area (TPSA) is 32.3 Å². The molecular formula is C24H32N2O. The summed E-state index contributed by atoms with van der Waals surface area (Å²) in [4.78, 5) is 15.2. The molecule has 1 amide bonds. The van der Waals surface area contributed by atoms with Crippen LogP contribution in [0.5, 0.6) is 0 Å². The van der Waals surface area contributed by atoms with Gasteiger partial charge in [-0.25, -0.2) is 0 Å². The van der Waals surface area contributed by atoms with Crippen LogP contribution in [0, 0.1) is 5.92 Å². The van der Waals surface area contributed by atoms with Crippen LogP contribution in [0.25, 0.3) is 0 Å². The average molecular weight is 365 g/mol. The van der Waals surface area contributed by atoms with E-state index in [4.69, 9.17) is 0 Å².